The Kier molecular flexibility index (Phi) is 6.30. The van der Waals surface area contributed by atoms with Crippen molar-refractivity contribution < 1.29 is 24.2 Å². The first-order valence-corrected chi connectivity index (χ1v) is 13.5. The SMILES string of the molecule is CC(C)C[C@H](CO)N1C(=O)[C@@H]2[C@@H]3C(=O)N(C)CC=C[C@@H]3O[C@@]23C=CCN(Cn2nnc4ccccc42)C(=O)C13. The van der Waals surface area contributed by atoms with Crippen LogP contribution in [0.15, 0.2) is 48.6 Å². The van der Waals surface area contributed by atoms with E-state index in [1.54, 1.807) is 21.5 Å². The van der Waals surface area contributed by atoms with Crippen molar-refractivity contribution in [1.29, 1.82) is 0 Å². The standard InChI is InChI=1S/C28H34N6O5/c1-17(2)14-18(15-35)34-24-27(38)32(16-33-20-9-5-4-8-19(20)29-30-33)13-7-11-28(24)23(26(34)37)22-21(39-28)10-6-12-31(3)25(22)36/h4-11,17-18,21-24,35H,12-16H2,1-3H3/t18-,21+,22-,23+,24?,28+/m1/s1. The Labute approximate surface area is 226 Å². The number of likely N-dealkylation sites (N-methyl/N-ethyl adjacent to an activating group) is 1. The number of aromatic nitrogens is 3. The van der Waals surface area contributed by atoms with Gasteiger partial charge in [-0.2, -0.15) is 0 Å². The van der Waals surface area contributed by atoms with E-state index in [-0.39, 0.29) is 43.5 Å². The van der Waals surface area contributed by atoms with Gasteiger partial charge in [0.05, 0.1) is 36.1 Å². The minimum absolute atomic E-state index is 0.130. The van der Waals surface area contributed by atoms with Crippen LogP contribution in [0, 0.1) is 17.8 Å². The summed E-state index contributed by atoms with van der Waals surface area (Å²) in [5, 5.41) is 18.9. The molecule has 2 aromatic rings. The molecule has 3 amide bonds. The summed E-state index contributed by atoms with van der Waals surface area (Å²) in [6, 6.07) is 5.89. The predicted octanol–water partition coefficient (Wildman–Crippen LogP) is 0.803. The zero-order chi connectivity index (χ0) is 27.5. The lowest BCUT2D eigenvalue weighted by molar-refractivity contribution is -0.152. The normalized spacial score (nSPS) is 31.1. The van der Waals surface area contributed by atoms with E-state index in [1.807, 2.05) is 62.4 Å². The van der Waals surface area contributed by atoms with Crippen LogP contribution in [0.4, 0.5) is 0 Å². The average molecular weight is 535 g/mol. The number of nitrogens with zero attached hydrogens (tertiary/aromatic N) is 6. The Bertz CT molecular complexity index is 1370. The fraction of sp³-hybridized carbons (Fsp3) is 0.536. The number of carbonyl (C=O) groups is 3. The Balaban J connectivity index is 1.44. The molecule has 6 rings (SSSR count). The molecule has 4 aliphatic heterocycles. The summed E-state index contributed by atoms with van der Waals surface area (Å²) in [6.07, 6.45) is 7.26. The molecule has 1 aromatic carbocycles. The van der Waals surface area contributed by atoms with Crippen LogP contribution in [0.5, 0.6) is 0 Å². The van der Waals surface area contributed by atoms with Gasteiger partial charge in [-0.05, 0) is 24.5 Å². The molecule has 206 valence electrons. The van der Waals surface area contributed by atoms with Crippen molar-refractivity contribution in [3.05, 3.63) is 48.6 Å². The summed E-state index contributed by atoms with van der Waals surface area (Å²) < 4.78 is 8.30. The number of fused-ring (bicyclic) bond motifs is 3. The Morgan fingerprint density at radius 2 is 1.90 bits per heavy atom. The molecular formula is C28H34N6O5. The highest BCUT2D eigenvalue weighted by molar-refractivity contribution is 6.00. The number of ether oxygens (including phenoxy) is 1. The van der Waals surface area contributed by atoms with Crippen molar-refractivity contribution in [3.63, 3.8) is 0 Å². The minimum Gasteiger partial charge on any atom is -0.394 e. The average Bonchev–Trinajstić information content (AvgIpc) is 3.48. The third-order valence-corrected chi connectivity index (χ3v) is 8.45. The van der Waals surface area contributed by atoms with Crippen molar-refractivity contribution in [3.8, 4) is 0 Å². The molecule has 0 aliphatic carbocycles. The predicted molar refractivity (Wildman–Crippen MR) is 141 cm³/mol. The van der Waals surface area contributed by atoms with Gasteiger partial charge < -0.3 is 24.5 Å². The molecule has 1 spiro atoms. The number of rotatable bonds is 6. The number of aliphatic hydroxyl groups excluding tert-OH is 1. The highest BCUT2D eigenvalue weighted by Gasteiger charge is 2.72. The molecule has 2 fully saturated rings. The van der Waals surface area contributed by atoms with Gasteiger partial charge in [0.2, 0.25) is 11.8 Å². The maximum Gasteiger partial charge on any atom is 0.250 e. The zero-order valence-electron chi connectivity index (χ0n) is 22.4. The van der Waals surface area contributed by atoms with E-state index in [4.69, 9.17) is 4.74 Å². The molecule has 1 N–H and O–H groups in total. The third kappa shape index (κ3) is 3.89. The van der Waals surface area contributed by atoms with E-state index < -0.39 is 35.6 Å². The first kappa shape index (κ1) is 25.7. The Hall–Kier alpha value is -3.57. The number of likely N-dealkylation sites (tertiary alicyclic amines) is 1. The maximum absolute atomic E-state index is 14.5. The van der Waals surface area contributed by atoms with Gasteiger partial charge in [-0.3, -0.25) is 14.4 Å². The first-order valence-electron chi connectivity index (χ1n) is 13.5. The van der Waals surface area contributed by atoms with Crippen LogP contribution < -0.4 is 0 Å². The molecule has 6 atom stereocenters. The van der Waals surface area contributed by atoms with Crippen molar-refractivity contribution in [2.75, 3.05) is 26.7 Å². The quantitative estimate of drug-likeness (QED) is 0.545. The number of amides is 3. The van der Waals surface area contributed by atoms with E-state index in [0.29, 0.717) is 13.0 Å². The molecule has 0 radical (unpaired) electrons. The number of aliphatic hydroxyl groups is 1. The molecule has 5 heterocycles. The molecular weight excluding hydrogens is 500 g/mol. The van der Waals surface area contributed by atoms with Gasteiger partial charge in [0.15, 0.2) is 0 Å². The molecule has 4 aliphatic rings. The highest BCUT2D eigenvalue weighted by Crippen LogP contribution is 2.54. The van der Waals surface area contributed by atoms with E-state index in [9.17, 15) is 19.5 Å². The fourth-order valence-electron chi connectivity index (χ4n) is 6.77. The molecule has 1 unspecified atom stereocenters. The van der Waals surface area contributed by atoms with Crippen LogP contribution in [0.3, 0.4) is 0 Å². The first-order chi connectivity index (χ1) is 18.8. The minimum atomic E-state index is -1.33. The van der Waals surface area contributed by atoms with E-state index in [1.165, 1.54) is 4.90 Å². The molecule has 39 heavy (non-hydrogen) atoms. The molecule has 1 aromatic heterocycles. The van der Waals surface area contributed by atoms with Crippen LogP contribution in [-0.4, -0.2) is 103 Å². The van der Waals surface area contributed by atoms with Crippen molar-refractivity contribution in [2.24, 2.45) is 17.8 Å². The summed E-state index contributed by atoms with van der Waals surface area (Å²) in [6.45, 7) is 4.56. The second-order valence-electron chi connectivity index (χ2n) is 11.4. The van der Waals surface area contributed by atoms with Crippen LogP contribution >= 0.6 is 0 Å². The topological polar surface area (TPSA) is 121 Å². The highest BCUT2D eigenvalue weighted by atomic mass is 16.5. The van der Waals surface area contributed by atoms with Crippen molar-refractivity contribution in [1.82, 2.24) is 29.7 Å². The summed E-state index contributed by atoms with van der Waals surface area (Å²) in [5.41, 5.74) is 0.179. The van der Waals surface area contributed by atoms with Gasteiger partial charge in [-0.15, -0.1) is 5.10 Å². The third-order valence-electron chi connectivity index (χ3n) is 8.45. The monoisotopic (exact) mass is 534 g/mol. The van der Waals surface area contributed by atoms with E-state index in [2.05, 4.69) is 10.3 Å². The van der Waals surface area contributed by atoms with Gasteiger partial charge in [0.1, 0.15) is 23.8 Å². The molecule has 0 saturated carbocycles. The van der Waals surface area contributed by atoms with Crippen LogP contribution in [0.1, 0.15) is 20.3 Å². The maximum atomic E-state index is 14.5. The number of carbonyl (C=O) groups excluding carboxylic acids is 3. The summed E-state index contributed by atoms with van der Waals surface area (Å²) in [7, 11) is 1.71. The van der Waals surface area contributed by atoms with Crippen LogP contribution in [0.2, 0.25) is 0 Å². The smallest absolute Gasteiger partial charge is 0.250 e. The zero-order valence-corrected chi connectivity index (χ0v) is 22.4. The van der Waals surface area contributed by atoms with Gasteiger partial charge in [-0.1, -0.05) is 55.5 Å². The number of para-hydroxylation sites is 1. The number of benzene rings is 1. The second-order valence-corrected chi connectivity index (χ2v) is 11.4. The van der Waals surface area contributed by atoms with Crippen molar-refractivity contribution in [2.45, 2.75) is 50.7 Å². The number of hydrogen-bond donors (Lipinski definition) is 1. The summed E-state index contributed by atoms with van der Waals surface area (Å²) in [4.78, 5) is 47.0. The fourth-order valence-corrected chi connectivity index (χ4v) is 6.77. The Morgan fingerprint density at radius 1 is 1.10 bits per heavy atom. The van der Waals surface area contributed by atoms with Crippen molar-refractivity contribution >= 4 is 28.8 Å². The van der Waals surface area contributed by atoms with Gasteiger partial charge in [-0.25, -0.2) is 4.68 Å². The van der Waals surface area contributed by atoms with Gasteiger partial charge in [0, 0.05) is 20.1 Å². The van der Waals surface area contributed by atoms with Crippen LogP contribution in [-0.2, 0) is 25.8 Å². The van der Waals surface area contributed by atoms with E-state index in [0.717, 1.165) is 11.0 Å². The largest absolute Gasteiger partial charge is 0.394 e. The lowest BCUT2D eigenvalue weighted by Gasteiger charge is -2.39. The lowest BCUT2D eigenvalue weighted by atomic mass is 9.77. The molecule has 11 heteroatoms. The van der Waals surface area contributed by atoms with Gasteiger partial charge in [0.25, 0.3) is 5.91 Å². The molecule has 11 nitrogen and oxygen atoms in total. The lowest BCUT2D eigenvalue weighted by Crippen LogP contribution is -2.58. The van der Waals surface area contributed by atoms with Gasteiger partial charge >= 0.3 is 0 Å². The number of hydrogen-bond acceptors (Lipinski definition) is 7. The summed E-state index contributed by atoms with van der Waals surface area (Å²) in [5.74, 6) is -2.27. The van der Waals surface area contributed by atoms with Crippen LogP contribution in [0.25, 0.3) is 11.0 Å². The molecule has 2 saturated heterocycles. The second kappa shape index (κ2) is 9.56. The molecule has 0 bridgehead atoms. The van der Waals surface area contributed by atoms with E-state index >= 15 is 0 Å². The summed E-state index contributed by atoms with van der Waals surface area (Å²) >= 11 is 0. The Morgan fingerprint density at radius 3 is 2.67 bits per heavy atom.